The lowest BCUT2D eigenvalue weighted by atomic mass is 10.8. The molecule has 0 spiro atoms. The van der Waals surface area contributed by atoms with Crippen molar-refractivity contribution < 1.29 is 0 Å². The fraction of sp³-hybridized carbons (Fsp3) is 0. The first-order chi connectivity index (χ1) is 2.89. The average molecular weight is 94.1 g/mol. The molecule has 0 atom stereocenters. The first kappa shape index (κ1) is 3.77. The Morgan fingerprint density at radius 3 is 3.00 bits per heavy atom. The number of nitrogens with zero attached hydrogens (tertiary/aromatic N) is 2. The van der Waals surface area contributed by atoms with E-state index in [1.54, 1.807) is 12.8 Å². The van der Waals surface area contributed by atoms with Crippen molar-refractivity contribution in [3.8, 4) is 0 Å². The van der Waals surface area contributed by atoms with E-state index in [-0.39, 0.29) is 0 Å². The Kier molecular flexibility index (Phi) is 0.854. The smallest absolute Gasteiger partial charge is 0.297 e. The van der Waals surface area contributed by atoms with Crippen LogP contribution in [0.1, 0.15) is 0 Å². The summed E-state index contributed by atoms with van der Waals surface area (Å²) in [4.78, 5) is 3.72. The Hall–Kier alpha value is -0.413. The maximum Gasteiger partial charge on any atom is 0.297 e. The lowest BCUT2D eigenvalue weighted by molar-refractivity contribution is 1.36. The maximum absolute atomic E-state index is 3.72. The molecular weight excluding hydrogens is 92.1 g/mol. The van der Waals surface area contributed by atoms with Crippen molar-refractivity contribution in [2.45, 2.75) is 0 Å². The van der Waals surface area contributed by atoms with E-state index in [0.717, 1.165) is 0 Å². The lowest BCUT2D eigenvalue weighted by Crippen LogP contribution is -1.79. The van der Waals surface area contributed by atoms with Crippen LogP contribution in [0.4, 0.5) is 0 Å². The molecule has 0 N–H and O–H groups in total. The third kappa shape index (κ3) is 0.553. The molecule has 0 aliphatic carbocycles. The highest BCUT2D eigenvalue weighted by molar-refractivity contribution is 6.22. The van der Waals surface area contributed by atoms with E-state index in [1.807, 2.05) is 0 Å². The zero-order valence-electron chi connectivity index (χ0n) is 3.05. The summed E-state index contributed by atoms with van der Waals surface area (Å²) in [5.41, 5.74) is 0. The fourth-order valence-corrected chi connectivity index (χ4v) is 0.390. The minimum atomic E-state index is 0.648. The van der Waals surface area contributed by atoms with Gasteiger partial charge in [-0.3, -0.25) is 0 Å². The standard InChI is InChI=1S/C3H2N2Si/c6-3-4-1-2-5-3/h1-2H/q+1. The van der Waals surface area contributed by atoms with Crippen LogP contribution in [0, 0.1) is 12.3 Å². The van der Waals surface area contributed by atoms with Crippen LogP contribution in [-0.4, -0.2) is 16.5 Å². The largest absolute Gasteiger partial charge is 0.304 e. The van der Waals surface area contributed by atoms with Crippen molar-refractivity contribution in [3.63, 3.8) is 0 Å². The monoisotopic (exact) mass is 94.0 g/mol. The van der Waals surface area contributed by atoms with Gasteiger partial charge in [-0.1, -0.05) is 4.99 Å². The van der Waals surface area contributed by atoms with Crippen molar-refractivity contribution in [2.75, 3.05) is 0 Å². The average Bonchev–Trinajstić information content (AvgIpc) is 1.86. The molecule has 0 aromatic carbocycles. The summed E-state index contributed by atoms with van der Waals surface area (Å²) in [7, 11) is 3.10. The quantitative estimate of drug-likeness (QED) is 0.303. The molecule has 1 rings (SSSR count). The molecule has 3 heteroatoms. The minimum Gasteiger partial charge on any atom is -0.304 e. The Labute approximate surface area is 40.1 Å². The molecule has 1 aliphatic heterocycles. The van der Waals surface area contributed by atoms with Crippen LogP contribution in [0.15, 0.2) is 4.99 Å². The molecule has 27 valence electrons. The van der Waals surface area contributed by atoms with Crippen molar-refractivity contribution >= 4 is 16.5 Å². The third-order valence-corrected chi connectivity index (χ3v) is 0.719. The maximum atomic E-state index is 3.72. The van der Waals surface area contributed by atoms with E-state index in [1.165, 1.54) is 0 Å². The van der Waals surface area contributed by atoms with Crippen LogP contribution in [0.3, 0.4) is 0 Å². The predicted octanol–water partition coefficient (Wildman–Crippen LogP) is 0.222. The number of rotatable bonds is 0. The molecule has 0 unspecified atom stereocenters. The van der Waals surface area contributed by atoms with Crippen LogP contribution in [0.2, 0.25) is 0 Å². The number of hydrogen-bond acceptors (Lipinski definition) is 1. The highest BCUT2D eigenvalue weighted by Gasteiger charge is 2.07. The van der Waals surface area contributed by atoms with Crippen LogP contribution >= 0.6 is 0 Å². The molecule has 0 fully saturated rings. The molecule has 1 heterocycles. The summed E-state index contributed by atoms with van der Waals surface area (Å²) in [6, 6.07) is 0. The van der Waals surface area contributed by atoms with Crippen molar-refractivity contribution in [3.05, 3.63) is 17.7 Å². The summed E-state index contributed by atoms with van der Waals surface area (Å²) >= 11 is 0. The highest BCUT2D eigenvalue weighted by atomic mass is 28.1. The normalized spacial score (nSPS) is 18.5. The minimum absolute atomic E-state index is 0.648. The van der Waals surface area contributed by atoms with Crippen LogP contribution in [-0.2, 0) is 0 Å². The van der Waals surface area contributed by atoms with E-state index in [9.17, 15) is 0 Å². The van der Waals surface area contributed by atoms with Gasteiger partial charge in [0.2, 0.25) is 10.2 Å². The molecule has 2 nitrogen and oxygen atoms in total. The Morgan fingerprint density at radius 1 is 2.00 bits per heavy atom. The van der Waals surface area contributed by atoms with Gasteiger partial charge in [0, 0.05) is 0 Å². The van der Waals surface area contributed by atoms with Gasteiger partial charge in [-0.15, -0.1) is 0 Å². The predicted molar refractivity (Wildman–Crippen MR) is 25.1 cm³/mol. The van der Waals surface area contributed by atoms with Crippen molar-refractivity contribution in [1.29, 1.82) is 0 Å². The van der Waals surface area contributed by atoms with E-state index < -0.39 is 0 Å². The summed E-state index contributed by atoms with van der Waals surface area (Å²) in [5.74, 6) is 0.648. The molecule has 0 amide bonds. The molecule has 6 heavy (non-hydrogen) atoms. The van der Waals surface area contributed by atoms with Gasteiger partial charge >= 0.3 is 0 Å². The molecule has 0 aromatic rings. The summed E-state index contributed by atoms with van der Waals surface area (Å²) in [6.45, 7) is 1.63. The third-order valence-electron chi connectivity index (χ3n) is 0.460. The Morgan fingerprint density at radius 2 is 2.83 bits per heavy atom. The molecule has 0 saturated carbocycles. The summed E-state index contributed by atoms with van der Waals surface area (Å²) in [5, 5.41) is 3.72. The van der Waals surface area contributed by atoms with E-state index in [2.05, 4.69) is 20.6 Å². The second kappa shape index (κ2) is 1.36. The van der Waals surface area contributed by atoms with Gasteiger partial charge in [0.15, 0.2) is 0 Å². The fourth-order valence-electron chi connectivity index (χ4n) is 0.241. The highest BCUT2D eigenvalue weighted by Crippen LogP contribution is 2.12. The van der Waals surface area contributed by atoms with E-state index in [4.69, 9.17) is 0 Å². The zero-order chi connectivity index (χ0) is 4.41. The first-order valence-electron chi connectivity index (χ1n) is 1.55. The lowest BCUT2D eigenvalue weighted by Gasteiger charge is -1.88. The molecule has 1 aliphatic rings. The van der Waals surface area contributed by atoms with Gasteiger partial charge in [0.05, 0.1) is 5.79 Å². The first-order valence-corrected chi connectivity index (χ1v) is 2.05. The van der Waals surface area contributed by atoms with Gasteiger partial charge in [-0.05, 0) is 0 Å². The second-order valence-electron chi connectivity index (χ2n) is 0.880. The molecule has 3 radical (unpaired) electrons. The van der Waals surface area contributed by atoms with Crippen molar-refractivity contribution in [2.24, 2.45) is 4.99 Å². The molecule has 0 aromatic heterocycles. The summed E-state index contributed by atoms with van der Waals surface area (Å²) < 4.78 is 0. The zero-order valence-corrected chi connectivity index (χ0v) is 4.05. The van der Waals surface area contributed by atoms with E-state index in [0.29, 0.717) is 5.79 Å². The SMILES string of the molecule is [Si][C+]1N=C[CH+][N-]1. The van der Waals surface area contributed by atoms with Crippen molar-refractivity contribution in [1.82, 2.24) is 0 Å². The molecule has 0 bridgehead atoms. The second-order valence-corrected chi connectivity index (χ2v) is 1.33. The van der Waals surface area contributed by atoms with Gasteiger partial charge in [-0.2, -0.15) is 0 Å². The van der Waals surface area contributed by atoms with Gasteiger partial charge in [0.1, 0.15) is 6.54 Å². The van der Waals surface area contributed by atoms with Crippen LogP contribution in [0.25, 0.3) is 5.32 Å². The van der Waals surface area contributed by atoms with Crippen LogP contribution < -0.4 is 0 Å². The Balaban J connectivity index is 2.38. The number of aliphatic imine (C=N–C) groups is 1. The number of hydrogen-bond donors (Lipinski definition) is 0. The van der Waals surface area contributed by atoms with Crippen LogP contribution in [0.5, 0.6) is 0 Å². The topological polar surface area (TPSA) is 26.5 Å². The van der Waals surface area contributed by atoms with Gasteiger partial charge < -0.3 is 5.32 Å². The van der Waals surface area contributed by atoms with Gasteiger partial charge in [-0.25, -0.2) is 0 Å². The van der Waals surface area contributed by atoms with E-state index >= 15 is 0 Å². The molecule has 0 saturated heterocycles. The van der Waals surface area contributed by atoms with Gasteiger partial charge in [0.25, 0.3) is 6.21 Å². The summed E-state index contributed by atoms with van der Waals surface area (Å²) in [6.07, 6.45) is 1.63. The Bertz CT molecular complexity index is 71.2. The molecular formula is C3H2N2Si+.